The minimum atomic E-state index is 0.547. The zero-order valence-electron chi connectivity index (χ0n) is 17.1. The lowest BCUT2D eigenvalue weighted by Gasteiger charge is -2.36. The first-order valence-corrected chi connectivity index (χ1v) is 11.3. The fraction of sp³-hybridized carbons (Fsp3) is 0.391. The summed E-state index contributed by atoms with van der Waals surface area (Å²) in [5, 5.41) is 3.60. The fourth-order valence-corrected chi connectivity index (χ4v) is 4.26. The highest BCUT2D eigenvalue weighted by atomic mass is 79.9. The van der Waals surface area contributed by atoms with Crippen LogP contribution in [-0.2, 0) is 6.54 Å². The minimum absolute atomic E-state index is 0.547. The third-order valence-corrected chi connectivity index (χ3v) is 6.56. The summed E-state index contributed by atoms with van der Waals surface area (Å²) in [5.41, 5.74) is 3.16. The van der Waals surface area contributed by atoms with Gasteiger partial charge in [0.15, 0.2) is 11.6 Å². The molecule has 7 heteroatoms. The van der Waals surface area contributed by atoms with Gasteiger partial charge in [0.25, 0.3) is 0 Å². The van der Waals surface area contributed by atoms with Gasteiger partial charge in [0, 0.05) is 43.2 Å². The van der Waals surface area contributed by atoms with Crippen molar-refractivity contribution < 1.29 is 4.74 Å². The molecule has 3 aromatic rings. The zero-order chi connectivity index (χ0) is 20.5. The van der Waals surface area contributed by atoms with Crippen LogP contribution in [0.3, 0.4) is 0 Å². The first-order chi connectivity index (χ1) is 14.7. The van der Waals surface area contributed by atoms with Crippen LogP contribution in [0.15, 0.2) is 46.9 Å². The fourth-order valence-electron chi connectivity index (χ4n) is 3.89. The van der Waals surface area contributed by atoms with Gasteiger partial charge in [-0.05, 0) is 48.7 Å². The molecule has 0 atom stereocenters. The summed E-state index contributed by atoms with van der Waals surface area (Å²) >= 11 is 3.68. The van der Waals surface area contributed by atoms with E-state index in [1.807, 2.05) is 30.3 Å². The van der Waals surface area contributed by atoms with E-state index in [0.717, 1.165) is 65.6 Å². The molecule has 2 heterocycles. The molecule has 2 fully saturated rings. The molecular weight excluding hydrogens is 442 g/mol. The summed E-state index contributed by atoms with van der Waals surface area (Å²) in [6, 6.07) is 14.8. The second-order valence-electron chi connectivity index (χ2n) is 8.02. The number of para-hydroxylation sites is 2. The van der Waals surface area contributed by atoms with E-state index in [1.54, 1.807) is 7.11 Å². The maximum Gasteiger partial charge on any atom is 0.172 e. The molecule has 2 aromatic carbocycles. The number of anilines is 2. The number of fused-ring (bicyclic) bond motifs is 1. The predicted octanol–water partition coefficient (Wildman–Crippen LogP) is 4.30. The van der Waals surface area contributed by atoms with Crippen LogP contribution >= 0.6 is 15.9 Å². The summed E-state index contributed by atoms with van der Waals surface area (Å²) in [4.78, 5) is 14.7. The maximum absolute atomic E-state index is 5.39. The van der Waals surface area contributed by atoms with Crippen LogP contribution in [0.25, 0.3) is 11.0 Å². The van der Waals surface area contributed by atoms with E-state index in [2.05, 4.69) is 43.2 Å². The number of methoxy groups -OCH3 is 1. The number of nitrogens with zero attached hydrogens (tertiary/aromatic N) is 4. The molecule has 1 aliphatic heterocycles. The van der Waals surface area contributed by atoms with E-state index in [4.69, 9.17) is 14.7 Å². The third-order valence-electron chi connectivity index (χ3n) is 5.79. The van der Waals surface area contributed by atoms with Gasteiger partial charge in [-0.2, -0.15) is 0 Å². The monoisotopic (exact) mass is 467 g/mol. The summed E-state index contributed by atoms with van der Waals surface area (Å²) < 4.78 is 6.52. The van der Waals surface area contributed by atoms with E-state index in [-0.39, 0.29) is 0 Å². The normalized spacial score (nSPS) is 17.3. The van der Waals surface area contributed by atoms with Crippen LogP contribution in [-0.4, -0.2) is 54.2 Å². The molecule has 0 spiro atoms. The van der Waals surface area contributed by atoms with Gasteiger partial charge in [-0.15, -0.1) is 0 Å². The second-order valence-corrected chi connectivity index (χ2v) is 8.88. The number of piperazine rings is 1. The first kappa shape index (κ1) is 19.6. The van der Waals surface area contributed by atoms with Crippen LogP contribution in [0.2, 0.25) is 0 Å². The largest absolute Gasteiger partial charge is 0.497 e. The lowest BCUT2D eigenvalue weighted by atomic mass is 10.2. The number of hydrogen-bond acceptors (Lipinski definition) is 6. The Balaban J connectivity index is 1.32. The molecule has 5 rings (SSSR count). The number of benzene rings is 2. The SMILES string of the molecule is COc1ccc(Br)c(CN2CCN(c3nc4ccccc4nc3NC3CC3)CC2)c1. The van der Waals surface area contributed by atoms with Crippen molar-refractivity contribution >= 4 is 38.6 Å². The van der Waals surface area contributed by atoms with Crippen molar-refractivity contribution in [2.24, 2.45) is 0 Å². The highest BCUT2D eigenvalue weighted by Gasteiger charge is 2.27. The van der Waals surface area contributed by atoms with E-state index in [0.29, 0.717) is 6.04 Å². The van der Waals surface area contributed by atoms with Gasteiger partial charge in [0.1, 0.15) is 5.75 Å². The Bertz CT molecular complexity index is 1050. The van der Waals surface area contributed by atoms with E-state index in [9.17, 15) is 0 Å². The average Bonchev–Trinajstić information content (AvgIpc) is 3.59. The molecule has 1 N–H and O–H groups in total. The molecule has 1 aromatic heterocycles. The molecule has 1 saturated heterocycles. The highest BCUT2D eigenvalue weighted by Crippen LogP contribution is 2.31. The molecule has 0 unspecified atom stereocenters. The smallest absolute Gasteiger partial charge is 0.172 e. The number of nitrogens with one attached hydrogen (secondary N) is 1. The second kappa shape index (κ2) is 8.40. The van der Waals surface area contributed by atoms with E-state index >= 15 is 0 Å². The summed E-state index contributed by atoms with van der Waals surface area (Å²) in [7, 11) is 1.71. The molecular formula is C23H26BrN5O. The van der Waals surface area contributed by atoms with Gasteiger partial charge >= 0.3 is 0 Å². The van der Waals surface area contributed by atoms with Crippen LogP contribution in [0.5, 0.6) is 5.75 Å². The van der Waals surface area contributed by atoms with Crippen molar-refractivity contribution in [3.63, 3.8) is 0 Å². The zero-order valence-corrected chi connectivity index (χ0v) is 18.7. The Morgan fingerprint density at radius 3 is 2.47 bits per heavy atom. The minimum Gasteiger partial charge on any atom is -0.497 e. The lowest BCUT2D eigenvalue weighted by molar-refractivity contribution is 0.248. The lowest BCUT2D eigenvalue weighted by Crippen LogP contribution is -2.46. The van der Waals surface area contributed by atoms with Crippen molar-refractivity contribution in [2.45, 2.75) is 25.4 Å². The number of rotatable bonds is 6. The quantitative estimate of drug-likeness (QED) is 0.583. The Morgan fingerprint density at radius 2 is 1.77 bits per heavy atom. The van der Waals surface area contributed by atoms with Crippen LogP contribution in [0.4, 0.5) is 11.6 Å². The topological polar surface area (TPSA) is 53.5 Å². The average molecular weight is 468 g/mol. The Kier molecular flexibility index (Phi) is 5.48. The first-order valence-electron chi connectivity index (χ1n) is 10.5. The van der Waals surface area contributed by atoms with E-state index < -0.39 is 0 Å². The predicted molar refractivity (Wildman–Crippen MR) is 124 cm³/mol. The number of halogens is 1. The molecule has 156 valence electrons. The summed E-state index contributed by atoms with van der Waals surface area (Å²) in [6.07, 6.45) is 2.44. The van der Waals surface area contributed by atoms with Crippen LogP contribution in [0.1, 0.15) is 18.4 Å². The van der Waals surface area contributed by atoms with Crippen LogP contribution < -0.4 is 15.0 Å². The molecule has 2 aliphatic rings. The third kappa shape index (κ3) is 4.23. The summed E-state index contributed by atoms with van der Waals surface area (Å²) in [5.74, 6) is 2.82. The molecule has 1 aliphatic carbocycles. The maximum atomic E-state index is 5.39. The molecule has 0 radical (unpaired) electrons. The highest BCUT2D eigenvalue weighted by molar-refractivity contribution is 9.10. The van der Waals surface area contributed by atoms with Crippen molar-refractivity contribution in [1.82, 2.24) is 14.9 Å². The van der Waals surface area contributed by atoms with Gasteiger partial charge in [0.05, 0.1) is 18.1 Å². The van der Waals surface area contributed by atoms with Gasteiger partial charge in [-0.1, -0.05) is 28.1 Å². The van der Waals surface area contributed by atoms with Gasteiger partial charge in [-0.25, -0.2) is 9.97 Å². The Hall–Kier alpha value is -2.38. The van der Waals surface area contributed by atoms with E-state index in [1.165, 1.54) is 18.4 Å². The van der Waals surface area contributed by atoms with Crippen molar-refractivity contribution in [3.05, 3.63) is 52.5 Å². The molecule has 0 amide bonds. The molecule has 0 bridgehead atoms. The van der Waals surface area contributed by atoms with Gasteiger partial charge in [-0.3, -0.25) is 4.90 Å². The standard InChI is InChI=1S/C23H26BrN5O/c1-30-18-8-9-19(24)16(14-18)15-28-10-12-29(13-11-28)23-22(25-17-6-7-17)26-20-4-2-3-5-21(20)27-23/h2-5,8-9,14,17H,6-7,10-13,15H2,1H3,(H,25,26). The summed E-state index contributed by atoms with van der Waals surface area (Å²) in [6.45, 7) is 4.76. The molecule has 30 heavy (non-hydrogen) atoms. The Morgan fingerprint density at radius 1 is 1.03 bits per heavy atom. The molecule has 6 nitrogen and oxygen atoms in total. The van der Waals surface area contributed by atoms with Crippen molar-refractivity contribution in [3.8, 4) is 5.75 Å². The number of hydrogen-bond donors (Lipinski definition) is 1. The Labute approximate surface area is 185 Å². The number of ether oxygens (including phenoxy) is 1. The van der Waals surface area contributed by atoms with Crippen LogP contribution in [0, 0.1) is 0 Å². The molecule has 1 saturated carbocycles. The van der Waals surface area contributed by atoms with Gasteiger partial charge in [0.2, 0.25) is 0 Å². The van der Waals surface area contributed by atoms with Gasteiger partial charge < -0.3 is 15.0 Å². The van der Waals surface area contributed by atoms with Crippen molar-refractivity contribution in [2.75, 3.05) is 43.5 Å². The number of aromatic nitrogens is 2. The van der Waals surface area contributed by atoms with Crippen molar-refractivity contribution in [1.29, 1.82) is 0 Å².